The van der Waals surface area contributed by atoms with E-state index in [2.05, 4.69) is 22.2 Å². The molecule has 0 aliphatic carbocycles. The van der Waals surface area contributed by atoms with Crippen LogP contribution in [0.5, 0.6) is 11.5 Å². The number of phenolic OH excluding ortho intramolecular Hbond substituents is 1. The maximum Gasteiger partial charge on any atom is 0.228 e. The third-order valence-electron chi connectivity index (χ3n) is 6.91. The number of methoxy groups -OCH3 is 1. The molecule has 2 aromatic rings. The molecule has 2 aliphatic rings. The molecule has 0 aromatic heterocycles. The first-order chi connectivity index (χ1) is 15.4. The monoisotopic (exact) mass is 441 g/mol. The van der Waals surface area contributed by atoms with Crippen LogP contribution in [0.4, 0.5) is 10.1 Å². The van der Waals surface area contributed by atoms with Crippen molar-refractivity contribution in [1.29, 1.82) is 0 Å². The Labute approximate surface area is 189 Å². The Morgan fingerprint density at radius 2 is 1.91 bits per heavy atom. The zero-order valence-corrected chi connectivity index (χ0v) is 18.8. The van der Waals surface area contributed by atoms with Gasteiger partial charge in [-0.2, -0.15) is 0 Å². The fourth-order valence-electron chi connectivity index (χ4n) is 5.12. The predicted molar refractivity (Wildman–Crippen MR) is 122 cm³/mol. The van der Waals surface area contributed by atoms with Gasteiger partial charge >= 0.3 is 0 Å². The molecule has 2 N–H and O–H groups in total. The highest BCUT2D eigenvalue weighted by Crippen LogP contribution is 2.34. The number of rotatable bonds is 6. The molecule has 172 valence electrons. The van der Waals surface area contributed by atoms with Crippen molar-refractivity contribution in [3.8, 4) is 11.5 Å². The summed E-state index contributed by atoms with van der Waals surface area (Å²) in [4.78, 5) is 17.5. The van der Waals surface area contributed by atoms with Crippen molar-refractivity contribution >= 4 is 11.6 Å². The first-order valence-electron chi connectivity index (χ1n) is 11.3. The van der Waals surface area contributed by atoms with E-state index in [1.54, 1.807) is 25.3 Å². The van der Waals surface area contributed by atoms with E-state index in [4.69, 9.17) is 4.74 Å². The standard InChI is InChI=1S/C25H32FN3O3/c1-28-16-19(25(31)27-21-6-4-20(26)5-7-21)14-22(28)18-9-11-29(12-10-18)15-17-3-8-23(30)24(13-17)32-2/h3-8,13,18-19,22,30H,9-12,14-16H2,1-2H3,(H,27,31)/t19-,22+/m1/s1. The van der Waals surface area contributed by atoms with Gasteiger partial charge in [-0.25, -0.2) is 4.39 Å². The number of halogens is 1. The van der Waals surface area contributed by atoms with Gasteiger partial charge in [-0.3, -0.25) is 9.69 Å². The van der Waals surface area contributed by atoms with E-state index in [9.17, 15) is 14.3 Å². The van der Waals surface area contributed by atoms with Crippen molar-refractivity contribution in [3.63, 3.8) is 0 Å². The van der Waals surface area contributed by atoms with Crippen LogP contribution >= 0.6 is 0 Å². The molecule has 6 nitrogen and oxygen atoms in total. The summed E-state index contributed by atoms with van der Waals surface area (Å²) < 4.78 is 18.3. The fourth-order valence-corrected chi connectivity index (χ4v) is 5.12. The number of ether oxygens (including phenoxy) is 1. The number of likely N-dealkylation sites (tertiary alicyclic amines) is 2. The molecule has 2 aromatic carbocycles. The summed E-state index contributed by atoms with van der Waals surface area (Å²) in [6.45, 7) is 3.63. The van der Waals surface area contributed by atoms with Crippen LogP contribution in [0.1, 0.15) is 24.8 Å². The van der Waals surface area contributed by atoms with Crippen molar-refractivity contribution < 1.29 is 19.0 Å². The number of benzene rings is 2. The van der Waals surface area contributed by atoms with Crippen LogP contribution in [0.15, 0.2) is 42.5 Å². The van der Waals surface area contributed by atoms with E-state index in [-0.39, 0.29) is 23.4 Å². The lowest BCUT2D eigenvalue weighted by molar-refractivity contribution is -0.119. The van der Waals surface area contributed by atoms with Crippen LogP contribution in [-0.2, 0) is 11.3 Å². The Balaban J connectivity index is 1.28. The van der Waals surface area contributed by atoms with Gasteiger partial charge in [-0.05, 0) is 87.3 Å². The number of piperidine rings is 1. The average Bonchev–Trinajstić information content (AvgIpc) is 3.19. The maximum atomic E-state index is 13.1. The van der Waals surface area contributed by atoms with Crippen LogP contribution in [0, 0.1) is 17.7 Å². The summed E-state index contributed by atoms with van der Waals surface area (Å²) in [6, 6.07) is 11.9. The first-order valence-corrected chi connectivity index (χ1v) is 11.3. The Bertz CT molecular complexity index is 929. The number of carbonyl (C=O) groups excluding carboxylic acids is 1. The van der Waals surface area contributed by atoms with Crippen LogP contribution in [0.2, 0.25) is 0 Å². The number of anilines is 1. The lowest BCUT2D eigenvalue weighted by Crippen LogP contribution is -2.41. The number of amides is 1. The Hall–Kier alpha value is -2.64. The summed E-state index contributed by atoms with van der Waals surface area (Å²) in [5.41, 5.74) is 1.77. The predicted octanol–water partition coefficient (Wildman–Crippen LogP) is 3.71. The molecule has 32 heavy (non-hydrogen) atoms. The third kappa shape index (κ3) is 5.22. The Kier molecular flexibility index (Phi) is 6.96. The number of aromatic hydroxyl groups is 1. The number of nitrogens with one attached hydrogen (secondary N) is 1. The first kappa shape index (κ1) is 22.6. The maximum absolute atomic E-state index is 13.1. The fraction of sp³-hybridized carbons (Fsp3) is 0.480. The summed E-state index contributed by atoms with van der Waals surface area (Å²) >= 11 is 0. The zero-order valence-electron chi connectivity index (χ0n) is 18.8. The number of hydrogen-bond acceptors (Lipinski definition) is 5. The van der Waals surface area contributed by atoms with Crippen molar-refractivity contribution in [2.75, 3.05) is 39.1 Å². The molecule has 0 unspecified atom stereocenters. The number of phenols is 1. The van der Waals surface area contributed by atoms with Gasteiger partial charge in [0.15, 0.2) is 11.5 Å². The Morgan fingerprint density at radius 1 is 1.19 bits per heavy atom. The van der Waals surface area contributed by atoms with Crippen molar-refractivity contribution in [3.05, 3.63) is 53.8 Å². The minimum absolute atomic E-state index is 0.0182. The van der Waals surface area contributed by atoms with E-state index in [1.165, 1.54) is 12.1 Å². The molecule has 2 heterocycles. The van der Waals surface area contributed by atoms with Crippen molar-refractivity contribution in [2.24, 2.45) is 11.8 Å². The van der Waals surface area contributed by atoms with Gasteiger partial charge in [0.2, 0.25) is 5.91 Å². The zero-order chi connectivity index (χ0) is 22.7. The largest absolute Gasteiger partial charge is 0.504 e. The van der Waals surface area contributed by atoms with E-state index >= 15 is 0 Å². The number of nitrogens with zero attached hydrogens (tertiary/aromatic N) is 2. The topological polar surface area (TPSA) is 65.0 Å². The third-order valence-corrected chi connectivity index (χ3v) is 6.91. The number of hydrogen-bond donors (Lipinski definition) is 2. The lowest BCUT2D eigenvalue weighted by atomic mass is 9.86. The molecule has 0 saturated carbocycles. The quantitative estimate of drug-likeness (QED) is 0.716. The van der Waals surface area contributed by atoms with Crippen LogP contribution < -0.4 is 10.1 Å². The SMILES string of the molecule is COc1cc(CN2CCC([C@@H]3C[C@@H](C(=O)Nc4ccc(F)cc4)CN3C)CC2)ccc1O. The molecule has 4 rings (SSSR count). The second-order valence-electron chi connectivity index (χ2n) is 9.06. The van der Waals surface area contributed by atoms with Crippen LogP contribution in [0.3, 0.4) is 0 Å². The molecule has 0 radical (unpaired) electrons. The van der Waals surface area contributed by atoms with Gasteiger partial charge in [-0.15, -0.1) is 0 Å². The van der Waals surface area contributed by atoms with Crippen LogP contribution in [-0.4, -0.2) is 60.6 Å². The van der Waals surface area contributed by atoms with E-state index in [1.807, 2.05) is 12.1 Å². The molecule has 2 atom stereocenters. The van der Waals surface area contributed by atoms with E-state index in [0.29, 0.717) is 23.4 Å². The highest BCUT2D eigenvalue weighted by atomic mass is 19.1. The minimum atomic E-state index is -0.306. The molecule has 2 aliphatic heterocycles. The summed E-state index contributed by atoms with van der Waals surface area (Å²) in [5.74, 6) is 0.920. The second kappa shape index (κ2) is 9.88. The molecular formula is C25H32FN3O3. The normalized spacial score (nSPS) is 22.7. The van der Waals surface area contributed by atoms with Gasteiger partial charge in [-0.1, -0.05) is 6.07 Å². The molecule has 2 fully saturated rings. The highest BCUT2D eigenvalue weighted by molar-refractivity contribution is 5.92. The summed E-state index contributed by atoms with van der Waals surface area (Å²) in [6.07, 6.45) is 3.08. The van der Waals surface area contributed by atoms with Gasteiger partial charge in [0.05, 0.1) is 13.0 Å². The minimum Gasteiger partial charge on any atom is -0.504 e. The van der Waals surface area contributed by atoms with Gasteiger partial charge < -0.3 is 20.1 Å². The Morgan fingerprint density at radius 3 is 2.59 bits per heavy atom. The van der Waals surface area contributed by atoms with Gasteiger partial charge in [0.25, 0.3) is 0 Å². The van der Waals surface area contributed by atoms with Crippen molar-refractivity contribution in [1.82, 2.24) is 9.80 Å². The van der Waals surface area contributed by atoms with Crippen LogP contribution in [0.25, 0.3) is 0 Å². The molecule has 1 amide bonds. The molecule has 2 saturated heterocycles. The molecule has 0 spiro atoms. The smallest absolute Gasteiger partial charge is 0.228 e. The molecular weight excluding hydrogens is 409 g/mol. The number of carbonyl (C=O) groups is 1. The second-order valence-corrected chi connectivity index (χ2v) is 9.06. The molecule has 0 bridgehead atoms. The summed E-state index contributed by atoms with van der Waals surface area (Å²) in [5, 5.41) is 12.7. The average molecular weight is 442 g/mol. The lowest BCUT2D eigenvalue weighted by Gasteiger charge is -2.37. The van der Waals surface area contributed by atoms with Gasteiger partial charge in [0.1, 0.15) is 5.82 Å². The molecule has 7 heteroatoms. The van der Waals surface area contributed by atoms with Gasteiger partial charge in [0, 0.05) is 24.8 Å². The van der Waals surface area contributed by atoms with E-state index < -0.39 is 0 Å². The van der Waals surface area contributed by atoms with Crippen molar-refractivity contribution in [2.45, 2.75) is 31.8 Å². The highest BCUT2D eigenvalue weighted by Gasteiger charge is 2.39. The van der Waals surface area contributed by atoms with E-state index in [0.717, 1.165) is 51.0 Å². The summed E-state index contributed by atoms with van der Waals surface area (Å²) in [7, 11) is 3.68.